The summed E-state index contributed by atoms with van der Waals surface area (Å²) in [4.78, 5) is 10.7. The highest BCUT2D eigenvalue weighted by atomic mass is 16.5. The topological polar surface area (TPSA) is 83.6 Å². The van der Waals surface area contributed by atoms with Crippen LogP contribution >= 0.6 is 0 Å². The molecule has 0 unspecified atom stereocenters. The number of benzene rings is 1. The van der Waals surface area contributed by atoms with E-state index in [-0.39, 0.29) is 17.2 Å². The number of aromatic hydroxyl groups is 1. The second-order valence-electron chi connectivity index (χ2n) is 3.55. The van der Waals surface area contributed by atoms with Crippen molar-refractivity contribution in [1.82, 2.24) is 5.16 Å². The quantitative estimate of drug-likeness (QED) is 0.849. The molecule has 0 spiro atoms. The van der Waals surface area contributed by atoms with Gasteiger partial charge in [0.1, 0.15) is 5.75 Å². The summed E-state index contributed by atoms with van der Waals surface area (Å²) in [6, 6.07) is 6.52. The van der Waals surface area contributed by atoms with E-state index >= 15 is 0 Å². The lowest BCUT2D eigenvalue weighted by atomic mass is 10.0. The second kappa shape index (κ2) is 4.29. The fourth-order valence-corrected chi connectivity index (χ4v) is 1.58. The Balaban J connectivity index is 2.49. The van der Waals surface area contributed by atoms with E-state index in [1.807, 2.05) is 6.92 Å². The minimum Gasteiger partial charge on any atom is -0.507 e. The average Bonchev–Trinajstić information content (AvgIpc) is 2.78. The van der Waals surface area contributed by atoms with Crippen LogP contribution in [0.2, 0.25) is 0 Å². The lowest BCUT2D eigenvalue weighted by Gasteiger charge is -2.04. The van der Waals surface area contributed by atoms with Crippen molar-refractivity contribution in [3.63, 3.8) is 0 Å². The van der Waals surface area contributed by atoms with E-state index in [9.17, 15) is 9.90 Å². The van der Waals surface area contributed by atoms with Crippen molar-refractivity contribution in [2.75, 3.05) is 0 Å². The third kappa shape index (κ3) is 1.99. The molecule has 1 heterocycles. The molecule has 2 rings (SSSR count). The Labute approximate surface area is 97.3 Å². The number of carboxylic acid groups (broad SMARTS) is 1. The molecule has 2 N–H and O–H groups in total. The monoisotopic (exact) mass is 233 g/mol. The maximum atomic E-state index is 10.7. The van der Waals surface area contributed by atoms with Crippen LogP contribution in [0.15, 0.2) is 28.8 Å². The van der Waals surface area contributed by atoms with Crippen molar-refractivity contribution in [2.45, 2.75) is 13.3 Å². The van der Waals surface area contributed by atoms with Crippen LogP contribution in [0.3, 0.4) is 0 Å². The lowest BCUT2D eigenvalue weighted by Crippen LogP contribution is -1.94. The van der Waals surface area contributed by atoms with Gasteiger partial charge in [0.25, 0.3) is 0 Å². The minimum absolute atomic E-state index is 0.100. The number of rotatable bonds is 3. The number of hydrogen-bond donors (Lipinski definition) is 2. The third-order valence-corrected chi connectivity index (χ3v) is 2.50. The van der Waals surface area contributed by atoms with Gasteiger partial charge in [0.05, 0.1) is 5.56 Å². The fourth-order valence-electron chi connectivity index (χ4n) is 1.58. The number of aryl methyl sites for hydroxylation is 1. The molecule has 0 aliphatic carbocycles. The molecule has 5 heteroatoms. The smallest absolute Gasteiger partial charge is 0.358 e. The Morgan fingerprint density at radius 3 is 2.82 bits per heavy atom. The van der Waals surface area contributed by atoms with E-state index in [0.29, 0.717) is 12.0 Å². The molecule has 17 heavy (non-hydrogen) atoms. The number of aromatic nitrogens is 1. The van der Waals surface area contributed by atoms with Crippen LogP contribution < -0.4 is 0 Å². The van der Waals surface area contributed by atoms with E-state index in [0.717, 1.165) is 5.56 Å². The Hall–Kier alpha value is -2.30. The number of phenolic OH excluding ortho intramolecular Hbond substituents is 1. The maximum Gasteiger partial charge on any atom is 0.358 e. The highest BCUT2D eigenvalue weighted by molar-refractivity contribution is 5.86. The SMILES string of the molecule is CCc1cccc(-c2cc(C(=O)O)no2)c1O. The van der Waals surface area contributed by atoms with Gasteiger partial charge in [0.2, 0.25) is 0 Å². The summed E-state index contributed by atoms with van der Waals surface area (Å²) in [6.07, 6.45) is 0.680. The predicted octanol–water partition coefficient (Wildman–Crippen LogP) is 2.31. The molecule has 0 atom stereocenters. The van der Waals surface area contributed by atoms with Crippen LogP contribution in [-0.4, -0.2) is 21.3 Å². The highest BCUT2D eigenvalue weighted by Crippen LogP contribution is 2.32. The van der Waals surface area contributed by atoms with E-state index in [4.69, 9.17) is 9.63 Å². The predicted molar refractivity (Wildman–Crippen MR) is 59.9 cm³/mol. The Morgan fingerprint density at radius 1 is 1.47 bits per heavy atom. The van der Waals surface area contributed by atoms with E-state index in [1.165, 1.54) is 6.07 Å². The van der Waals surface area contributed by atoms with Gasteiger partial charge in [0.15, 0.2) is 11.5 Å². The van der Waals surface area contributed by atoms with Gasteiger partial charge >= 0.3 is 5.97 Å². The van der Waals surface area contributed by atoms with Crippen LogP contribution in [0.5, 0.6) is 5.75 Å². The van der Waals surface area contributed by atoms with Crippen molar-refractivity contribution in [3.8, 4) is 17.1 Å². The van der Waals surface area contributed by atoms with Crippen molar-refractivity contribution in [3.05, 3.63) is 35.5 Å². The first kappa shape index (κ1) is 11.2. The molecule has 5 nitrogen and oxygen atoms in total. The van der Waals surface area contributed by atoms with Gasteiger partial charge in [-0.25, -0.2) is 4.79 Å². The summed E-state index contributed by atoms with van der Waals surface area (Å²) in [5.74, 6) is -0.815. The molecule has 0 saturated heterocycles. The zero-order valence-electron chi connectivity index (χ0n) is 9.17. The van der Waals surface area contributed by atoms with Crippen LogP contribution in [-0.2, 0) is 6.42 Å². The Bertz CT molecular complexity index is 559. The van der Waals surface area contributed by atoms with E-state index in [1.54, 1.807) is 18.2 Å². The molecule has 1 aromatic carbocycles. The molecule has 0 radical (unpaired) electrons. The van der Waals surface area contributed by atoms with Gasteiger partial charge in [-0.05, 0) is 18.1 Å². The van der Waals surface area contributed by atoms with Crippen LogP contribution in [0.25, 0.3) is 11.3 Å². The molecule has 0 aliphatic rings. The summed E-state index contributed by atoms with van der Waals surface area (Å²) in [7, 11) is 0. The average molecular weight is 233 g/mol. The van der Waals surface area contributed by atoms with Crippen LogP contribution in [0.4, 0.5) is 0 Å². The zero-order valence-corrected chi connectivity index (χ0v) is 9.17. The van der Waals surface area contributed by atoms with E-state index < -0.39 is 5.97 Å². The number of carboxylic acids is 1. The number of nitrogens with zero attached hydrogens (tertiary/aromatic N) is 1. The number of hydrogen-bond acceptors (Lipinski definition) is 4. The third-order valence-electron chi connectivity index (χ3n) is 2.50. The number of para-hydroxylation sites is 1. The summed E-state index contributed by atoms with van der Waals surface area (Å²) < 4.78 is 4.90. The summed E-state index contributed by atoms with van der Waals surface area (Å²) >= 11 is 0. The number of carbonyl (C=O) groups is 1. The Kier molecular flexibility index (Phi) is 2.82. The maximum absolute atomic E-state index is 10.7. The summed E-state index contributed by atoms with van der Waals surface area (Å²) in [6.45, 7) is 1.92. The van der Waals surface area contributed by atoms with Crippen molar-refractivity contribution >= 4 is 5.97 Å². The van der Waals surface area contributed by atoms with Crippen LogP contribution in [0.1, 0.15) is 23.0 Å². The molecule has 0 bridgehead atoms. The van der Waals surface area contributed by atoms with Crippen molar-refractivity contribution in [2.24, 2.45) is 0 Å². The fraction of sp³-hybridized carbons (Fsp3) is 0.167. The van der Waals surface area contributed by atoms with Crippen LogP contribution in [0, 0.1) is 0 Å². The summed E-state index contributed by atoms with van der Waals surface area (Å²) in [5, 5.41) is 22.1. The van der Waals surface area contributed by atoms with Gasteiger partial charge in [-0.2, -0.15) is 0 Å². The summed E-state index contributed by atoms with van der Waals surface area (Å²) in [5.41, 5.74) is 1.04. The second-order valence-corrected chi connectivity index (χ2v) is 3.55. The van der Waals surface area contributed by atoms with Gasteiger partial charge in [-0.3, -0.25) is 0 Å². The lowest BCUT2D eigenvalue weighted by molar-refractivity contribution is 0.0686. The molecule has 1 aromatic heterocycles. The molecule has 0 saturated carbocycles. The standard InChI is InChI=1S/C12H11NO4/c1-2-7-4-3-5-8(11(7)14)10-6-9(12(15)16)13-17-10/h3-6,14H,2H2,1H3,(H,15,16). The van der Waals surface area contributed by atoms with Crippen molar-refractivity contribution < 1.29 is 19.5 Å². The van der Waals surface area contributed by atoms with Gasteiger partial charge in [-0.15, -0.1) is 0 Å². The normalized spacial score (nSPS) is 10.4. The van der Waals surface area contributed by atoms with Gasteiger partial charge in [0, 0.05) is 6.07 Å². The van der Waals surface area contributed by atoms with E-state index in [2.05, 4.69) is 5.16 Å². The molecule has 0 amide bonds. The molecule has 88 valence electrons. The number of aromatic carboxylic acids is 1. The first-order chi connectivity index (χ1) is 8.13. The molecular weight excluding hydrogens is 222 g/mol. The highest BCUT2D eigenvalue weighted by Gasteiger charge is 2.15. The zero-order chi connectivity index (χ0) is 12.4. The minimum atomic E-state index is -1.16. The molecular formula is C12H11NO4. The first-order valence-corrected chi connectivity index (χ1v) is 5.14. The van der Waals surface area contributed by atoms with Crippen molar-refractivity contribution in [1.29, 1.82) is 0 Å². The van der Waals surface area contributed by atoms with Gasteiger partial charge < -0.3 is 14.7 Å². The molecule has 2 aromatic rings. The largest absolute Gasteiger partial charge is 0.507 e. The molecule has 0 fully saturated rings. The van der Waals surface area contributed by atoms with Gasteiger partial charge in [-0.1, -0.05) is 24.2 Å². The first-order valence-electron chi connectivity index (χ1n) is 5.14. The number of phenols is 1. The molecule has 0 aliphatic heterocycles. The Morgan fingerprint density at radius 2 is 2.24 bits per heavy atom.